The molecule has 19 heavy (non-hydrogen) atoms. The predicted molar refractivity (Wildman–Crippen MR) is 74.1 cm³/mol. The summed E-state index contributed by atoms with van der Waals surface area (Å²) in [6, 6.07) is 7.45. The summed E-state index contributed by atoms with van der Waals surface area (Å²) in [6.45, 7) is 0.147. The summed E-state index contributed by atoms with van der Waals surface area (Å²) < 4.78 is 6.41. The van der Waals surface area contributed by atoms with Crippen molar-refractivity contribution in [3.05, 3.63) is 28.7 Å². The van der Waals surface area contributed by atoms with E-state index in [2.05, 4.69) is 15.9 Å². The zero-order chi connectivity index (χ0) is 14.3. The number of carbonyl (C=O) groups excluding carboxylic acids is 1. The van der Waals surface area contributed by atoms with Gasteiger partial charge in [0.25, 0.3) is 0 Å². The van der Waals surface area contributed by atoms with Crippen LogP contribution in [0.15, 0.2) is 28.7 Å². The highest BCUT2D eigenvalue weighted by molar-refractivity contribution is 9.10. The molecule has 5 nitrogen and oxygen atoms in total. The lowest BCUT2D eigenvalue weighted by molar-refractivity contribution is -0.143. The third-order valence-electron chi connectivity index (χ3n) is 2.40. The third kappa shape index (κ3) is 6.24. The Balaban J connectivity index is 2.23. The van der Waals surface area contributed by atoms with Gasteiger partial charge in [-0.25, -0.2) is 0 Å². The van der Waals surface area contributed by atoms with Crippen LogP contribution in [0.2, 0.25) is 0 Å². The molecule has 0 aliphatic rings. The average Bonchev–Trinajstić information content (AvgIpc) is 2.33. The second-order valence-electron chi connectivity index (χ2n) is 4.05. The lowest BCUT2D eigenvalue weighted by Crippen LogP contribution is -2.31. The summed E-state index contributed by atoms with van der Waals surface area (Å²) in [6.07, 6.45) is 0.826. The molecule has 0 fully saturated rings. The highest BCUT2D eigenvalue weighted by Crippen LogP contribution is 2.17. The number of carboxylic acid groups (broad SMARTS) is 1. The fourth-order valence-electron chi connectivity index (χ4n) is 1.45. The Morgan fingerprint density at radius 3 is 2.79 bits per heavy atom. The van der Waals surface area contributed by atoms with Gasteiger partial charge in [0.1, 0.15) is 12.3 Å². The molecule has 0 saturated carbocycles. The van der Waals surface area contributed by atoms with Gasteiger partial charge in [-0.2, -0.15) is 0 Å². The number of benzene rings is 1. The van der Waals surface area contributed by atoms with E-state index in [9.17, 15) is 9.59 Å². The van der Waals surface area contributed by atoms with Crippen LogP contribution in [0.3, 0.4) is 0 Å². The summed E-state index contributed by atoms with van der Waals surface area (Å²) in [5.74, 6) is -0.470. The number of hydrogen-bond donors (Lipinski definition) is 1. The Labute approximate surface area is 120 Å². The summed E-state index contributed by atoms with van der Waals surface area (Å²) in [5, 5.41) is 8.56. The van der Waals surface area contributed by atoms with E-state index in [-0.39, 0.29) is 18.9 Å². The van der Waals surface area contributed by atoms with Crippen LogP contribution in [0.1, 0.15) is 12.8 Å². The van der Waals surface area contributed by atoms with Crippen LogP contribution < -0.4 is 4.74 Å². The fourth-order valence-corrected chi connectivity index (χ4v) is 1.83. The van der Waals surface area contributed by atoms with Crippen LogP contribution in [0, 0.1) is 0 Å². The lowest BCUT2D eigenvalue weighted by atomic mass is 10.3. The number of rotatable bonds is 7. The lowest BCUT2D eigenvalue weighted by Gasteiger charge is -2.14. The van der Waals surface area contributed by atoms with Crippen molar-refractivity contribution in [3.8, 4) is 5.75 Å². The molecule has 0 aliphatic carbocycles. The molecule has 0 saturated heterocycles. The molecular formula is C13H16BrNO4. The number of halogens is 1. The van der Waals surface area contributed by atoms with Crippen molar-refractivity contribution in [2.75, 3.05) is 20.2 Å². The molecule has 0 spiro atoms. The number of carboxylic acids is 1. The Morgan fingerprint density at radius 1 is 1.42 bits per heavy atom. The summed E-state index contributed by atoms with van der Waals surface area (Å²) >= 11 is 3.34. The molecular weight excluding hydrogens is 314 g/mol. The van der Waals surface area contributed by atoms with Crippen molar-refractivity contribution in [1.29, 1.82) is 0 Å². The van der Waals surface area contributed by atoms with Gasteiger partial charge in [-0.3, -0.25) is 9.59 Å². The minimum Gasteiger partial charge on any atom is -0.494 e. The van der Waals surface area contributed by atoms with Crippen LogP contribution in [0.4, 0.5) is 0 Å². The van der Waals surface area contributed by atoms with Gasteiger partial charge in [-0.05, 0) is 24.6 Å². The number of carbonyl (C=O) groups is 2. The van der Waals surface area contributed by atoms with Crippen molar-refractivity contribution < 1.29 is 19.4 Å². The second kappa shape index (κ2) is 7.78. The minimum atomic E-state index is -1.01. The van der Waals surface area contributed by atoms with Crippen molar-refractivity contribution >= 4 is 27.8 Å². The largest absolute Gasteiger partial charge is 0.494 e. The molecule has 1 N–H and O–H groups in total. The molecule has 0 aromatic heterocycles. The molecule has 1 aromatic carbocycles. The van der Waals surface area contributed by atoms with Crippen LogP contribution in [0.5, 0.6) is 5.75 Å². The van der Waals surface area contributed by atoms with Gasteiger partial charge >= 0.3 is 5.97 Å². The van der Waals surface area contributed by atoms with Crippen molar-refractivity contribution in [1.82, 2.24) is 4.90 Å². The Kier molecular flexibility index (Phi) is 6.35. The van der Waals surface area contributed by atoms with E-state index in [0.717, 1.165) is 10.2 Å². The van der Waals surface area contributed by atoms with E-state index in [1.165, 1.54) is 11.9 Å². The van der Waals surface area contributed by atoms with Gasteiger partial charge in [-0.1, -0.05) is 22.0 Å². The third-order valence-corrected chi connectivity index (χ3v) is 2.89. The van der Waals surface area contributed by atoms with E-state index in [0.29, 0.717) is 13.0 Å². The van der Waals surface area contributed by atoms with Gasteiger partial charge in [-0.15, -0.1) is 0 Å². The summed E-state index contributed by atoms with van der Waals surface area (Å²) in [5.41, 5.74) is 0. The summed E-state index contributed by atoms with van der Waals surface area (Å²) in [4.78, 5) is 23.2. The molecule has 104 valence electrons. The fraction of sp³-hybridized carbons (Fsp3) is 0.385. The van der Waals surface area contributed by atoms with Crippen LogP contribution in [0.25, 0.3) is 0 Å². The van der Waals surface area contributed by atoms with E-state index >= 15 is 0 Å². The maximum absolute atomic E-state index is 11.5. The van der Waals surface area contributed by atoms with Crippen LogP contribution in [-0.2, 0) is 9.59 Å². The van der Waals surface area contributed by atoms with Crippen LogP contribution in [-0.4, -0.2) is 42.1 Å². The smallest absolute Gasteiger partial charge is 0.323 e. The van der Waals surface area contributed by atoms with Gasteiger partial charge in [0.2, 0.25) is 5.91 Å². The summed E-state index contributed by atoms with van der Waals surface area (Å²) in [7, 11) is 1.48. The first kappa shape index (κ1) is 15.5. The molecule has 0 unspecified atom stereocenters. The number of likely N-dealkylation sites (N-methyl/N-ethyl adjacent to an activating group) is 1. The van der Waals surface area contributed by atoms with Crippen molar-refractivity contribution in [2.45, 2.75) is 12.8 Å². The van der Waals surface area contributed by atoms with E-state index in [1.807, 2.05) is 24.3 Å². The molecule has 1 amide bonds. The first-order chi connectivity index (χ1) is 8.99. The van der Waals surface area contributed by atoms with Gasteiger partial charge in [0.15, 0.2) is 0 Å². The van der Waals surface area contributed by atoms with E-state index in [1.54, 1.807) is 0 Å². The highest BCUT2D eigenvalue weighted by Gasteiger charge is 2.11. The molecule has 6 heteroatoms. The Bertz CT molecular complexity index is 450. The SMILES string of the molecule is CN(CC(=O)O)C(=O)CCCOc1cccc(Br)c1. The molecule has 0 heterocycles. The van der Waals surface area contributed by atoms with E-state index in [4.69, 9.17) is 9.84 Å². The number of amides is 1. The highest BCUT2D eigenvalue weighted by atomic mass is 79.9. The zero-order valence-corrected chi connectivity index (χ0v) is 12.2. The van der Waals surface area contributed by atoms with Gasteiger partial charge < -0.3 is 14.7 Å². The first-order valence-electron chi connectivity index (χ1n) is 5.83. The number of ether oxygens (including phenoxy) is 1. The predicted octanol–water partition coefficient (Wildman–Crippen LogP) is 2.15. The normalized spacial score (nSPS) is 10.0. The first-order valence-corrected chi connectivity index (χ1v) is 6.62. The second-order valence-corrected chi connectivity index (χ2v) is 4.97. The minimum absolute atomic E-state index is 0.194. The molecule has 0 bridgehead atoms. The van der Waals surface area contributed by atoms with Gasteiger partial charge in [0.05, 0.1) is 6.61 Å². The topological polar surface area (TPSA) is 66.8 Å². The number of aliphatic carboxylic acids is 1. The van der Waals surface area contributed by atoms with Gasteiger partial charge in [0, 0.05) is 17.9 Å². The maximum atomic E-state index is 11.5. The Morgan fingerprint density at radius 2 is 2.16 bits per heavy atom. The van der Waals surface area contributed by atoms with Crippen LogP contribution >= 0.6 is 15.9 Å². The molecule has 0 atom stereocenters. The van der Waals surface area contributed by atoms with E-state index < -0.39 is 5.97 Å². The maximum Gasteiger partial charge on any atom is 0.323 e. The van der Waals surface area contributed by atoms with Crippen molar-refractivity contribution in [3.63, 3.8) is 0 Å². The number of nitrogens with zero attached hydrogens (tertiary/aromatic N) is 1. The molecule has 0 radical (unpaired) electrons. The quantitative estimate of drug-likeness (QED) is 0.778. The molecule has 1 aromatic rings. The zero-order valence-electron chi connectivity index (χ0n) is 10.6. The standard InChI is InChI=1S/C13H16BrNO4/c1-15(9-13(17)18)12(16)6-3-7-19-11-5-2-4-10(14)8-11/h2,4-5,8H,3,6-7,9H2,1H3,(H,17,18). The Hall–Kier alpha value is -1.56. The average molecular weight is 330 g/mol. The van der Waals surface area contributed by atoms with Crippen molar-refractivity contribution in [2.24, 2.45) is 0 Å². The number of hydrogen-bond acceptors (Lipinski definition) is 3. The monoisotopic (exact) mass is 329 g/mol. The molecule has 0 aliphatic heterocycles. The molecule has 1 rings (SSSR count).